The Bertz CT molecular complexity index is 691. The van der Waals surface area contributed by atoms with Crippen LogP contribution in [-0.4, -0.2) is 38.2 Å². The first-order valence-electron chi connectivity index (χ1n) is 8.98. The lowest BCUT2D eigenvalue weighted by atomic mass is 10.0. The average Bonchev–Trinajstić information content (AvgIpc) is 2.68. The quantitative estimate of drug-likeness (QED) is 0.764. The lowest BCUT2D eigenvalue weighted by molar-refractivity contribution is 0.207. The zero-order chi connectivity index (χ0) is 18.9. The zero-order valence-electron chi connectivity index (χ0n) is 16.0. The molecule has 0 heterocycles. The van der Waals surface area contributed by atoms with E-state index in [9.17, 15) is 4.79 Å². The lowest BCUT2D eigenvalue weighted by Gasteiger charge is -2.21. The summed E-state index contributed by atoms with van der Waals surface area (Å²) < 4.78 is 10.8. The average molecular weight is 356 g/mol. The fourth-order valence-corrected chi connectivity index (χ4v) is 2.68. The molecule has 2 aromatic carbocycles. The molecular weight excluding hydrogens is 328 g/mol. The molecule has 0 aromatic heterocycles. The second kappa shape index (κ2) is 9.70. The van der Waals surface area contributed by atoms with E-state index < -0.39 is 0 Å². The second-order valence-corrected chi connectivity index (χ2v) is 6.03. The molecule has 0 saturated heterocycles. The molecule has 0 aliphatic carbocycles. The van der Waals surface area contributed by atoms with Gasteiger partial charge in [-0.2, -0.15) is 0 Å². The van der Waals surface area contributed by atoms with E-state index in [0.717, 1.165) is 41.2 Å². The van der Waals surface area contributed by atoms with Crippen LogP contribution in [0, 0.1) is 0 Å². The van der Waals surface area contributed by atoms with Crippen molar-refractivity contribution in [1.29, 1.82) is 0 Å². The van der Waals surface area contributed by atoms with Crippen LogP contribution in [0.1, 0.15) is 25.0 Å². The summed E-state index contributed by atoms with van der Waals surface area (Å²) >= 11 is 0. The smallest absolute Gasteiger partial charge is 0.321 e. The molecule has 0 aliphatic heterocycles. The summed E-state index contributed by atoms with van der Waals surface area (Å²) in [5, 5.41) is 3.06. The summed E-state index contributed by atoms with van der Waals surface area (Å²) in [5.41, 5.74) is 3.24. The van der Waals surface area contributed by atoms with Crippen LogP contribution >= 0.6 is 0 Å². The number of benzene rings is 2. The minimum absolute atomic E-state index is 0.126. The fraction of sp³-hybridized carbons (Fsp3) is 0.381. The van der Waals surface area contributed by atoms with E-state index in [4.69, 9.17) is 9.47 Å². The number of hydrogen-bond acceptors (Lipinski definition) is 3. The summed E-state index contributed by atoms with van der Waals surface area (Å²) in [6.45, 7) is 5.10. The number of aryl methyl sites for hydroxylation is 2. The van der Waals surface area contributed by atoms with Crippen LogP contribution in [-0.2, 0) is 12.8 Å². The van der Waals surface area contributed by atoms with E-state index in [1.54, 1.807) is 19.1 Å². The number of likely N-dealkylation sites (N-methyl/N-ethyl adjacent to an activating group) is 1. The van der Waals surface area contributed by atoms with Gasteiger partial charge in [-0.05, 0) is 48.2 Å². The number of urea groups is 1. The van der Waals surface area contributed by atoms with E-state index in [2.05, 4.69) is 31.3 Å². The molecule has 0 saturated carbocycles. The van der Waals surface area contributed by atoms with Gasteiger partial charge in [0.2, 0.25) is 0 Å². The molecule has 2 amide bonds. The fourth-order valence-electron chi connectivity index (χ4n) is 2.68. The molecule has 0 unspecified atom stereocenters. The number of ether oxygens (including phenoxy) is 2. The molecule has 2 aromatic rings. The van der Waals surface area contributed by atoms with Crippen LogP contribution < -0.4 is 14.8 Å². The molecule has 0 spiro atoms. The molecule has 0 bridgehead atoms. The van der Waals surface area contributed by atoms with E-state index >= 15 is 0 Å². The predicted molar refractivity (Wildman–Crippen MR) is 105 cm³/mol. The normalized spacial score (nSPS) is 10.3. The number of amides is 2. The van der Waals surface area contributed by atoms with Crippen LogP contribution in [0.25, 0.3) is 0 Å². The van der Waals surface area contributed by atoms with Crippen molar-refractivity contribution in [2.45, 2.75) is 26.7 Å². The molecular formula is C21H28N2O3. The molecule has 26 heavy (non-hydrogen) atoms. The van der Waals surface area contributed by atoms with Gasteiger partial charge in [0.25, 0.3) is 0 Å². The number of methoxy groups -OCH3 is 1. The van der Waals surface area contributed by atoms with Gasteiger partial charge in [0, 0.05) is 12.7 Å². The molecule has 0 atom stereocenters. The Morgan fingerprint density at radius 2 is 1.58 bits per heavy atom. The molecule has 140 valence electrons. The maximum Gasteiger partial charge on any atom is 0.321 e. The highest BCUT2D eigenvalue weighted by molar-refractivity contribution is 5.91. The SMILES string of the molecule is CCc1cccc(CC)c1NC(=O)N(C)CCOc1ccc(OC)cc1. The second-order valence-electron chi connectivity index (χ2n) is 6.03. The first-order chi connectivity index (χ1) is 12.6. The molecule has 5 nitrogen and oxygen atoms in total. The van der Waals surface area contributed by atoms with Crippen molar-refractivity contribution in [3.8, 4) is 11.5 Å². The monoisotopic (exact) mass is 356 g/mol. The molecule has 1 N–H and O–H groups in total. The number of anilines is 1. The number of hydrogen-bond donors (Lipinski definition) is 1. The summed E-state index contributed by atoms with van der Waals surface area (Å²) in [6, 6.07) is 13.4. The van der Waals surface area contributed by atoms with Crippen LogP contribution in [0.3, 0.4) is 0 Å². The van der Waals surface area contributed by atoms with Crippen molar-refractivity contribution in [1.82, 2.24) is 4.90 Å². The van der Waals surface area contributed by atoms with Gasteiger partial charge in [0.15, 0.2) is 0 Å². The topological polar surface area (TPSA) is 50.8 Å². The number of carbonyl (C=O) groups excluding carboxylic acids is 1. The first kappa shape index (κ1) is 19.6. The Balaban J connectivity index is 1.89. The minimum atomic E-state index is -0.126. The van der Waals surface area contributed by atoms with Crippen molar-refractivity contribution in [3.63, 3.8) is 0 Å². The molecule has 0 aliphatic rings. The highest BCUT2D eigenvalue weighted by atomic mass is 16.5. The largest absolute Gasteiger partial charge is 0.497 e. The van der Waals surface area contributed by atoms with Gasteiger partial charge in [-0.1, -0.05) is 32.0 Å². The van der Waals surface area contributed by atoms with Gasteiger partial charge in [-0.25, -0.2) is 4.79 Å². The number of carbonyl (C=O) groups is 1. The van der Waals surface area contributed by atoms with E-state index in [1.165, 1.54) is 0 Å². The number of nitrogens with one attached hydrogen (secondary N) is 1. The van der Waals surface area contributed by atoms with Crippen molar-refractivity contribution in [3.05, 3.63) is 53.6 Å². The Hall–Kier alpha value is -2.69. The van der Waals surface area contributed by atoms with E-state index in [-0.39, 0.29) is 6.03 Å². The number of para-hydroxylation sites is 1. The third-order valence-electron chi connectivity index (χ3n) is 4.33. The lowest BCUT2D eigenvalue weighted by Crippen LogP contribution is -2.35. The van der Waals surface area contributed by atoms with Crippen LogP contribution in [0.2, 0.25) is 0 Å². The van der Waals surface area contributed by atoms with Gasteiger partial charge in [0.1, 0.15) is 18.1 Å². The molecule has 0 fully saturated rings. The van der Waals surface area contributed by atoms with Crippen LogP contribution in [0.5, 0.6) is 11.5 Å². The summed E-state index contributed by atoms with van der Waals surface area (Å²) in [4.78, 5) is 14.2. The van der Waals surface area contributed by atoms with Crippen molar-refractivity contribution in [2.75, 3.05) is 32.6 Å². The van der Waals surface area contributed by atoms with Gasteiger partial charge in [0.05, 0.1) is 13.7 Å². The standard InChI is InChI=1S/C21H28N2O3/c1-5-16-8-7-9-17(6-2)20(16)22-21(24)23(3)14-15-26-19-12-10-18(25-4)11-13-19/h7-13H,5-6,14-15H2,1-4H3,(H,22,24). The molecule has 5 heteroatoms. The maximum absolute atomic E-state index is 12.5. The summed E-state index contributed by atoms with van der Waals surface area (Å²) in [5.74, 6) is 1.54. The Morgan fingerprint density at radius 3 is 2.12 bits per heavy atom. The van der Waals surface area contributed by atoms with Gasteiger partial charge >= 0.3 is 6.03 Å². The van der Waals surface area contributed by atoms with E-state index in [0.29, 0.717) is 13.2 Å². The summed E-state index contributed by atoms with van der Waals surface area (Å²) in [6.07, 6.45) is 1.77. The highest BCUT2D eigenvalue weighted by Crippen LogP contribution is 2.23. The molecule has 2 rings (SSSR count). The third-order valence-corrected chi connectivity index (χ3v) is 4.33. The Kier molecular flexibility index (Phi) is 7.33. The first-order valence-corrected chi connectivity index (χ1v) is 8.98. The van der Waals surface area contributed by atoms with E-state index in [1.807, 2.05) is 30.3 Å². The highest BCUT2D eigenvalue weighted by Gasteiger charge is 2.13. The third kappa shape index (κ3) is 5.15. The Morgan fingerprint density at radius 1 is 1.00 bits per heavy atom. The Labute approximate surface area is 155 Å². The predicted octanol–water partition coefficient (Wildman–Crippen LogP) is 4.36. The van der Waals surface area contributed by atoms with Gasteiger partial charge in [-0.3, -0.25) is 0 Å². The van der Waals surface area contributed by atoms with Crippen molar-refractivity contribution < 1.29 is 14.3 Å². The van der Waals surface area contributed by atoms with Gasteiger partial charge < -0.3 is 19.7 Å². The van der Waals surface area contributed by atoms with Crippen molar-refractivity contribution in [2.24, 2.45) is 0 Å². The van der Waals surface area contributed by atoms with Crippen molar-refractivity contribution >= 4 is 11.7 Å². The van der Waals surface area contributed by atoms with Crippen LogP contribution in [0.4, 0.5) is 10.5 Å². The van der Waals surface area contributed by atoms with Gasteiger partial charge in [-0.15, -0.1) is 0 Å². The summed E-state index contributed by atoms with van der Waals surface area (Å²) in [7, 11) is 3.40. The number of rotatable bonds is 8. The zero-order valence-corrected chi connectivity index (χ0v) is 16.0. The van der Waals surface area contributed by atoms with Crippen LogP contribution in [0.15, 0.2) is 42.5 Å². The molecule has 0 radical (unpaired) electrons. The maximum atomic E-state index is 12.5. The number of nitrogens with zero attached hydrogens (tertiary/aromatic N) is 1. The minimum Gasteiger partial charge on any atom is -0.497 e.